The smallest absolute Gasteiger partial charge is 0.220 e. The van der Waals surface area contributed by atoms with Crippen LogP contribution in [0.15, 0.2) is 0 Å². The number of hydrogen-bond donors (Lipinski definition) is 2. The van der Waals surface area contributed by atoms with Crippen molar-refractivity contribution in [3.8, 4) is 0 Å². The summed E-state index contributed by atoms with van der Waals surface area (Å²) >= 11 is 0. The van der Waals surface area contributed by atoms with Gasteiger partial charge in [0.25, 0.3) is 0 Å². The van der Waals surface area contributed by atoms with Gasteiger partial charge in [-0.1, -0.05) is 0 Å². The van der Waals surface area contributed by atoms with Crippen LogP contribution in [0.2, 0.25) is 0 Å². The van der Waals surface area contributed by atoms with Crippen LogP contribution >= 0.6 is 0 Å². The van der Waals surface area contributed by atoms with Crippen LogP contribution in [0.25, 0.3) is 0 Å². The Morgan fingerprint density at radius 2 is 2.23 bits per heavy atom. The van der Waals surface area contributed by atoms with Gasteiger partial charge in [-0.05, 0) is 20.3 Å². The summed E-state index contributed by atoms with van der Waals surface area (Å²) in [6.07, 6.45) is 1.11. The third-order valence-electron chi connectivity index (χ3n) is 1.44. The lowest BCUT2D eigenvalue weighted by atomic mass is 10.3. The van der Waals surface area contributed by atoms with E-state index in [1.807, 2.05) is 13.8 Å². The summed E-state index contributed by atoms with van der Waals surface area (Å²) in [5.74, 6) is -0.0265. The lowest BCUT2D eigenvalue weighted by molar-refractivity contribution is -0.121. The first-order chi connectivity index (χ1) is 6.16. The Balaban J connectivity index is 3.17. The van der Waals surface area contributed by atoms with Crippen molar-refractivity contribution >= 4 is 5.91 Å². The van der Waals surface area contributed by atoms with Gasteiger partial charge in [0, 0.05) is 19.6 Å². The lowest BCUT2D eigenvalue weighted by Gasteiger charge is -2.08. The second-order valence-corrected chi connectivity index (χ2v) is 3.10. The molecule has 0 unspecified atom stereocenters. The molecule has 2 N–H and O–H groups in total. The Morgan fingerprint density at radius 1 is 1.54 bits per heavy atom. The average molecular weight is 189 g/mol. The summed E-state index contributed by atoms with van der Waals surface area (Å²) in [6.45, 7) is 5.06. The Hall–Kier alpha value is -0.610. The molecule has 13 heavy (non-hydrogen) atoms. The van der Waals surface area contributed by atoms with Crippen LogP contribution in [0.5, 0.6) is 0 Å². The summed E-state index contributed by atoms with van der Waals surface area (Å²) in [6, 6.07) is 0. The normalized spacial score (nSPS) is 10.5. The second-order valence-electron chi connectivity index (χ2n) is 3.10. The van der Waals surface area contributed by atoms with Crippen molar-refractivity contribution in [3.05, 3.63) is 0 Å². The fourth-order valence-corrected chi connectivity index (χ4v) is 0.813. The molecular weight excluding hydrogens is 170 g/mol. The largest absolute Gasteiger partial charge is 0.396 e. The van der Waals surface area contributed by atoms with E-state index in [0.717, 1.165) is 0 Å². The summed E-state index contributed by atoms with van der Waals surface area (Å²) < 4.78 is 5.23. The third kappa shape index (κ3) is 9.30. The van der Waals surface area contributed by atoms with E-state index in [0.29, 0.717) is 26.0 Å². The first-order valence-corrected chi connectivity index (χ1v) is 4.66. The molecule has 0 aliphatic heterocycles. The quantitative estimate of drug-likeness (QED) is 0.566. The van der Waals surface area contributed by atoms with Crippen molar-refractivity contribution in [1.29, 1.82) is 0 Å². The number of carbonyl (C=O) groups is 1. The molecule has 0 aromatic carbocycles. The van der Waals surface area contributed by atoms with Crippen molar-refractivity contribution in [2.75, 3.05) is 19.8 Å². The fraction of sp³-hybridized carbons (Fsp3) is 0.889. The maximum Gasteiger partial charge on any atom is 0.220 e. The molecule has 1 amide bonds. The van der Waals surface area contributed by atoms with Crippen molar-refractivity contribution in [2.24, 2.45) is 0 Å². The predicted octanol–water partition coefficient (Wildman–Crippen LogP) is 0.300. The molecular formula is C9H19NO3. The van der Waals surface area contributed by atoms with Gasteiger partial charge in [-0.15, -0.1) is 0 Å². The highest BCUT2D eigenvalue weighted by Gasteiger charge is 1.99. The zero-order valence-corrected chi connectivity index (χ0v) is 8.38. The first kappa shape index (κ1) is 12.4. The maximum atomic E-state index is 11.0. The van der Waals surface area contributed by atoms with E-state index in [4.69, 9.17) is 9.84 Å². The molecule has 0 saturated heterocycles. The maximum absolute atomic E-state index is 11.0. The van der Waals surface area contributed by atoms with Crippen molar-refractivity contribution in [1.82, 2.24) is 5.32 Å². The number of amides is 1. The molecule has 0 fully saturated rings. The van der Waals surface area contributed by atoms with Gasteiger partial charge in [0.1, 0.15) is 0 Å². The summed E-state index contributed by atoms with van der Waals surface area (Å²) in [5.41, 5.74) is 0. The van der Waals surface area contributed by atoms with Gasteiger partial charge < -0.3 is 15.2 Å². The Morgan fingerprint density at radius 3 is 2.77 bits per heavy atom. The molecule has 4 heteroatoms. The lowest BCUT2D eigenvalue weighted by Crippen LogP contribution is -2.27. The number of rotatable bonds is 7. The Labute approximate surface area is 79.3 Å². The zero-order chi connectivity index (χ0) is 10.1. The highest BCUT2D eigenvalue weighted by atomic mass is 16.5. The molecule has 0 heterocycles. The molecule has 0 aliphatic carbocycles. The van der Waals surface area contributed by atoms with Gasteiger partial charge in [-0.25, -0.2) is 0 Å². The van der Waals surface area contributed by atoms with Crippen LogP contribution in [0, 0.1) is 0 Å². The average Bonchev–Trinajstić information content (AvgIpc) is 2.08. The molecule has 0 atom stereocenters. The first-order valence-electron chi connectivity index (χ1n) is 4.66. The number of nitrogens with one attached hydrogen (secondary N) is 1. The molecule has 0 aliphatic rings. The minimum absolute atomic E-state index is 0.0265. The third-order valence-corrected chi connectivity index (χ3v) is 1.44. The van der Waals surface area contributed by atoms with E-state index in [9.17, 15) is 4.79 Å². The van der Waals surface area contributed by atoms with Gasteiger partial charge in [0.2, 0.25) is 5.91 Å². The van der Waals surface area contributed by atoms with Crippen molar-refractivity contribution < 1.29 is 14.6 Å². The van der Waals surface area contributed by atoms with E-state index in [2.05, 4.69) is 5.32 Å². The molecule has 4 nitrogen and oxygen atoms in total. The highest BCUT2D eigenvalue weighted by Crippen LogP contribution is 1.88. The van der Waals surface area contributed by atoms with Crippen LogP contribution in [-0.2, 0) is 9.53 Å². The zero-order valence-electron chi connectivity index (χ0n) is 8.38. The van der Waals surface area contributed by atoms with E-state index in [1.165, 1.54) is 0 Å². The number of aliphatic hydroxyl groups excluding tert-OH is 1. The molecule has 0 aromatic rings. The number of aliphatic hydroxyl groups is 1. The van der Waals surface area contributed by atoms with Gasteiger partial charge >= 0.3 is 0 Å². The molecule has 0 saturated carbocycles. The Kier molecular flexibility index (Phi) is 7.63. The predicted molar refractivity (Wildman–Crippen MR) is 50.4 cm³/mol. The summed E-state index contributed by atoms with van der Waals surface area (Å²) in [5, 5.41) is 11.2. The monoisotopic (exact) mass is 189 g/mol. The minimum Gasteiger partial charge on any atom is -0.396 e. The molecule has 0 rings (SSSR count). The second kappa shape index (κ2) is 8.01. The van der Waals surface area contributed by atoms with E-state index in [-0.39, 0.29) is 18.6 Å². The van der Waals surface area contributed by atoms with Crippen LogP contribution < -0.4 is 5.32 Å². The van der Waals surface area contributed by atoms with E-state index < -0.39 is 0 Å². The van der Waals surface area contributed by atoms with Crippen molar-refractivity contribution in [3.63, 3.8) is 0 Å². The van der Waals surface area contributed by atoms with Gasteiger partial charge in [0.05, 0.1) is 12.7 Å². The van der Waals surface area contributed by atoms with Gasteiger partial charge in [-0.2, -0.15) is 0 Å². The number of carbonyl (C=O) groups excluding carboxylic acids is 1. The summed E-state index contributed by atoms with van der Waals surface area (Å²) in [7, 11) is 0. The van der Waals surface area contributed by atoms with Gasteiger partial charge in [0.15, 0.2) is 0 Å². The highest BCUT2D eigenvalue weighted by molar-refractivity contribution is 5.75. The van der Waals surface area contributed by atoms with E-state index in [1.54, 1.807) is 0 Å². The summed E-state index contributed by atoms with van der Waals surface area (Å²) in [4.78, 5) is 11.0. The number of ether oxygens (including phenoxy) is 1. The number of hydrogen-bond acceptors (Lipinski definition) is 3. The molecule has 78 valence electrons. The molecule has 0 spiro atoms. The molecule has 0 bridgehead atoms. The molecule has 0 aromatic heterocycles. The fourth-order valence-electron chi connectivity index (χ4n) is 0.813. The van der Waals surface area contributed by atoms with Crippen LogP contribution in [0.3, 0.4) is 0 Å². The van der Waals surface area contributed by atoms with E-state index >= 15 is 0 Å². The van der Waals surface area contributed by atoms with Gasteiger partial charge in [-0.3, -0.25) is 4.79 Å². The van der Waals surface area contributed by atoms with Crippen molar-refractivity contribution in [2.45, 2.75) is 32.8 Å². The molecule has 0 radical (unpaired) electrons. The van der Waals surface area contributed by atoms with Crippen LogP contribution in [-0.4, -0.2) is 36.9 Å². The topological polar surface area (TPSA) is 58.6 Å². The van der Waals surface area contributed by atoms with Crippen LogP contribution in [0.4, 0.5) is 0 Å². The standard InChI is InChI=1S/C9H19NO3/c1-8(2)13-7-5-10-9(12)4-3-6-11/h8,11H,3-7H2,1-2H3,(H,10,12). The van der Waals surface area contributed by atoms with Crippen LogP contribution in [0.1, 0.15) is 26.7 Å². The minimum atomic E-state index is -0.0265. The SMILES string of the molecule is CC(C)OCCNC(=O)CCCO. The Bertz CT molecular complexity index is 137.